The summed E-state index contributed by atoms with van der Waals surface area (Å²) in [7, 11) is 0. The minimum atomic E-state index is -0.434. The number of fused-ring (bicyclic) bond motifs is 1. The molecule has 4 nitrogen and oxygen atoms in total. The summed E-state index contributed by atoms with van der Waals surface area (Å²) in [6, 6.07) is 6.45. The molecular weight excluding hydrogens is 419 g/mol. The van der Waals surface area contributed by atoms with Gasteiger partial charge in [0.05, 0.1) is 14.1 Å². The first-order chi connectivity index (χ1) is 13.2. The highest BCUT2D eigenvalue weighted by Crippen LogP contribution is 2.46. The molecule has 1 aromatic carbocycles. The zero-order valence-corrected chi connectivity index (χ0v) is 18.0. The molecule has 28 heavy (non-hydrogen) atoms. The van der Waals surface area contributed by atoms with Gasteiger partial charge in [0.15, 0.2) is 5.78 Å². The standard InChI is InChI=1S/C20H20ClFN2O2S2/c1-20(2)11-16(25)13-10-17(27-19(13)28-20)18(26)24-7-5-23(6-8-24)12-3-4-15(22)14(21)9-12/h3-4,9-10H,5-8,11H2,1-2H3. The van der Waals surface area contributed by atoms with Crippen LogP contribution in [0.3, 0.4) is 0 Å². The summed E-state index contributed by atoms with van der Waals surface area (Å²) in [4.78, 5) is 29.9. The van der Waals surface area contributed by atoms with Crippen LogP contribution < -0.4 is 4.90 Å². The van der Waals surface area contributed by atoms with Gasteiger partial charge in [-0.2, -0.15) is 0 Å². The molecule has 2 aliphatic rings. The van der Waals surface area contributed by atoms with Gasteiger partial charge in [0.1, 0.15) is 5.82 Å². The van der Waals surface area contributed by atoms with Gasteiger partial charge in [-0.05, 0) is 38.1 Å². The molecule has 0 unspecified atom stereocenters. The van der Waals surface area contributed by atoms with Crippen LogP contribution in [0.4, 0.5) is 10.1 Å². The molecule has 0 radical (unpaired) electrons. The van der Waals surface area contributed by atoms with Gasteiger partial charge in [-0.3, -0.25) is 9.59 Å². The molecule has 2 aromatic rings. The number of carbonyl (C=O) groups excluding carboxylic acids is 2. The number of hydrogen-bond donors (Lipinski definition) is 0. The lowest BCUT2D eigenvalue weighted by atomic mass is 10.0. The number of benzene rings is 1. The number of halogens is 2. The number of hydrogen-bond acceptors (Lipinski definition) is 5. The van der Waals surface area contributed by atoms with Gasteiger partial charge in [0.2, 0.25) is 0 Å². The Morgan fingerprint density at radius 3 is 2.57 bits per heavy atom. The van der Waals surface area contributed by atoms with Crippen molar-refractivity contribution in [1.29, 1.82) is 0 Å². The van der Waals surface area contributed by atoms with E-state index in [1.807, 2.05) is 4.90 Å². The largest absolute Gasteiger partial charge is 0.368 e. The van der Waals surface area contributed by atoms with Crippen molar-refractivity contribution in [2.75, 3.05) is 31.1 Å². The van der Waals surface area contributed by atoms with Gasteiger partial charge < -0.3 is 9.80 Å². The van der Waals surface area contributed by atoms with Gasteiger partial charge >= 0.3 is 0 Å². The van der Waals surface area contributed by atoms with E-state index in [0.717, 1.165) is 9.90 Å². The zero-order valence-electron chi connectivity index (χ0n) is 15.6. The van der Waals surface area contributed by atoms with Gasteiger partial charge in [-0.15, -0.1) is 23.1 Å². The molecule has 0 spiro atoms. The maximum Gasteiger partial charge on any atom is 0.264 e. The molecule has 8 heteroatoms. The Kier molecular flexibility index (Phi) is 5.18. The first-order valence-electron chi connectivity index (χ1n) is 9.09. The molecule has 2 aliphatic heterocycles. The maximum absolute atomic E-state index is 13.4. The van der Waals surface area contributed by atoms with Gasteiger partial charge in [0.25, 0.3) is 5.91 Å². The van der Waals surface area contributed by atoms with Crippen LogP contribution in [0.25, 0.3) is 0 Å². The summed E-state index contributed by atoms with van der Waals surface area (Å²) in [6.07, 6.45) is 0.494. The van der Waals surface area contributed by atoms with Crippen LogP contribution in [-0.4, -0.2) is 47.5 Å². The molecule has 1 fully saturated rings. The van der Waals surface area contributed by atoms with Crippen molar-refractivity contribution in [3.05, 3.63) is 45.5 Å². The van der Waals surface area contributed by atoms with E-state index in [-0.39, 0.29) is 21.5 Å². The molecule has 1 saturated heterocycles. The molecule has 3 heterocycles. The van der Waals surface area contributed by atoms with Crippen LogP contribution in [0.2, 0.25) is 5.02 Å². The quantitative estimate of drug-likeness (QED) is 0.664. The lowest BCUT2D eigenvalue weighted by Crippen LogP contribution is -2.48. The Hall–Kier alpha value is -1.57. The average Bonchev–Trinajstić information content (AvgIpc) is 3.06. The second-order valence-electron chi connectivity index (χ2n) is 7.65. The van der Waals surface area contributed by atoms with E-state index in [1.54, 1.807) is 30.0 Å². The van der Waals surface area contributed by atoms with Gasteiger partial charge in [-0.25, -0.2) is 4.39 Å². The summed E-state index contributed by atoms with van der Waals surface area (Å²) < 4.78 is 14.2. The number of thioether (sulfide) groups is 1. The third-order valence-corrected chi connectivity index (χ3v) is 7.81. The second kappa shape index (κ2) is 7.35. The monoisotopic (exact) mass is 438 g/mol. The fourth-order valence-electron chi connectivity index (χ4n) is 3.52. The van der Waals surface area contributed by atoms with Crippen LogP contribution in [0.1, 0.15) is 40.3 Å². The highest BCUT2D eigenvalue weighted by Gasteiger charge is 2.35. The Labute approximate surface area is 176 Å². The Morgan fingerprint density at radius 1 is 1.18 bits per heavy atom. The number of ketones is 1. The lowest BCUT2D eigenvalue weighted by molar-refractivity contribution is 0.0751. The molecule has 0 atom stereocenters. The highest BCUT2D eigenvalue weighted by atomic mass is 35.5. The number of amides is 1. The van der Waals surface area contributed by atoms with Crippen LogP contribution in [0.5, 0.6) is 0 Å². The summed E-state index contributed by atoms with van der Waals surface area (Å²) >= 11 is 8.98. The normalized spacial score (nSPS) is 18.9. The van der Waals surface area contributed by atoms with Crippen LogP contribution >= 0.6 is 34.7 Å². The van der Waals surface area contributed by atoms with Crippen LogP contribution in [0, 0.1) is 5.82 Å². The van der Waals surface area contributed by atoms with E-state index in [0.29, 0.717) is 43.0 Å². The zero-order chi connectivity index (χ0) is 20.1. The fourth-order valence-corrected chi connectivity index (χ4v) is 6.68. The van der Waals surface area contributed by atoms with Crippen LogP contribution in [-0.2, 0) is 0 Å². The number of thiophene rings is 1. The summed E-state index contributed by atoms with van der Waals surface area (Å²) in [5.41, 5.74) is 1.55. The molecule has 148 valence electrons. The van der Waals surface area contributed by atoms with E-state index in [2.05, 4.69) is 18.7 Å². The van der Waals surface area contributed by atoms with Crippen molar-refractivity contribution in [2.24, 2.45) is 0 Å². The minimum absolute atomic E-state index is 0.0256. The predicted molar refractivity (Wildman–Crippen MR) is 113 cm³/mol. The molecule has 0 saturated carbocycles. The van der Waals surface area contributed by atoms with E-state index in [9.17, 15) is 14.0 Å². The van der Waals surface area contributed by atoms with E-state index in [4.69, 9.17) is 11.6 Å². The van der Waals surface area contributed by atoms with E-state index in [1.165, 1.54) is 17.4 Å². The first kappa shape index (κ1) is 19.7. The molecule has 0 aliphatic carbocycles. The molecule has 4 rings (SSSR count). The molecule has 1 aromatic heterocycles. The van der Waals surface area contributed by atoms with Gasteiger partial charge in [0, 0.05) is 48.6 Å². The van der Waals surface area contributed by atoms with Crippen molar-refractivity contribution in [2.45, 2.75) is 29.2 Å². The SMILES string of the molecule is CC1(C)CC(=O)c2cc(C(=O)N3CCN(c4ccc(F)c(Cl)c4)CC3)sc2S1. The Bertz CT molecular complexity index is 952. The number of anilines is 1. The minimum Gasteiger partial charge on any atom is -0.368 e. The number of rotatable bonds is 2. The Morgan fingerprint density at radius 2 is 1.89 bits per heavy atom. The maximum atomic E-state index is 13.4. The smallest absolute Gasteiger partial charge is 0.264 e. The summed E-state index contributed by atoms with van der Waals surface area (Å²) in [5, 5.41) is 0.102. The second-order valence-corrected chi connectivity index (χ2v) is 11.1. The van der Waals surface area contributed by atoms with E-state index < -0.39 is 5.82 Å². The molecular formula is C20H20ClFN2O2S2. The third-order valence-electron chi connectivity index (χ3n) is 5.00. The van der Waals surface area contributed by atoms with Gasteiger partial charge in [-0.1, -0.05) is 11.6 Å². The number of piperazine rings is 1. The van der Waals surface area contributed by atoms with Crippen molar-refractivity contribution in [3.63, 3.8) is 0 Å². The summed E-state index contributed by atoms with van der Waals surface area (Å²) in [6.45, 7) is 6.56. The first-order valence-corrected chi connectivity index (χ1v) is 11.1. The molecule has 0 N–H and O–H groups in total. The van der Waals surface area contributed by atoms with Crippen LogP contribution in [0.15, 0.2) is 28.5 Å². The fraction of sp³-hybridized carbons (Fsp3) is 0.400. The predicted octanol–water partition coefficient (Wildman–Crippen LogP) is 4.96. The molecule has 0 bridgehead atoms. The highest BCUT2D eigenvalue weighted by molar-refractivity contribution is 8.02. The number of nitrogens with zero attached hydrogens (tertiary/aromatic N) is 2. The average molecular weight is 439 g/mol. The topological polar surface area (TPSA) is 40.6 Å². The lowest BCUT2D eigenvalue weighted by Gasteiger charge is -2.36. The van der Waals surface area contributed by atoms with Crippen molar-refractivity contribution < 1.29 is 14.0 Å². The molecule has 1 amide bonds. The van der Waals surface area contributed by atoms with Crippen molar-refractivity contribution in [1.82, 2.24) is 4.90 Å². The van der Waals surface area contributed by atoms with Crippen molar-refractivity contribution in [3.8, 4) is 0 Å². The van der Waals surface area contributed by atoms with E-state index >= 15 is 0 Å². The number of carbonyl (C=O) groups is 2. The number of Topliss-reactive ketones (excluding diaryl/α,β-unsaturated/α-hetero) is 1. The Balaban J connectivity index is 1.45. The summed E-state index contributed by atoms with van der Waals surface area (Å²) in [5.74, 6) is -0.342. The third kappa shape index (κ3) is 3.80. The van der Waals surface area contributed by atoms with Crippen molar-refractivity contribution >= 4 is 52.1 Å².